The fraction of sp³-hybridized carbons (Fsp3) is 0.0714. The van der Waals surface area contributed by atoms with Crippen LogP contribution in [0.3, 0.4) is 0 Å². The molecule has 1 N–H and O–H groups in total. The van der Waals surface area contributed by atoms with E-state index in [2.05, 4.69) is 27.8 Å². The average molecular weight is 460 g/mol. The zero-order valence-corrected chi connectivity index (χ0v) is 18.8. The smallest absolute Gasteiger partial charge is 0.246 e. The molecule has 0 radical (unpaired) electrons. The minimum atomic E-state index is -0.281. The van der Waals surface area contributed by atoms with Gasteiger partial charge in [-0.1, -0.05) is 71.9 Å². The molecule has 7 nitrogen and oxygen atoms in total. The van der Waals surface area contributed by atoms with Crippen LogP contribution < -0.4 is 10.1 Å². The first kappa shape index (κ1) is 21.9. The molecule has 0 bridgehead atoms. The van der Waals surface area contributed by atoms with Crippen LogP contribution in [-0.4, -0.2) is 20.9 Å². The predicted molar refractivity (Wildman–Crippen MR) is 134 cm³/mol. The summed E-state index contributed by atoms with van der Waals surface area (Å²) in [7, 11) is 0. The van der Waals surface area contributed by atoms with Gasteiger partial charge in [-0.3, -0.25) is 4.79 Å². The number of nitrogens with zero attached hydrogens (tertiary/aromatic N) is 4. The standard InChI is InChI=1S/C28H21N5O2/c29-17-20-7-6-12-24(15-20)30-27(34)18-33-26(28(31-32-33)22-9-2-1-3-10-22)19-35-25-14-13-21-8-4-5-11-23(21)16-25/h1-16H,18-19H2,(H,30,34). The van der Waals surface area contributed by atoms with Crippen molar-refractivity contribution in [3.05, 3.63) is 108 Å². The second kappa shape index (κ2) is 9.89. The summed E-state index contributed by atoms with van der Waals surface area (Å²) < 4.78 is 7.67. The van der Waals surface area contributed by atoms with Crippen molar-refractivity contribution >= 4 is 22.4 Å². The molecule has 7 heteroatoms. The van der Waals surface area contributed by atoms with Crippen LogP contribution >= 0.6 is 0 Å². The normalized spacial score (nSPS) is 10.6. The highest BCUT2D eigenvalue weighted by Crippen LogP contribution is 2.25. The Labute approximate surface area is 202 Å². The highest BCUT2D eigenvalue weighted by Gasteiger charge is 2.18. The summed E-state index contributed by atoms with van der Waals surface area (Å²) >= 11 is 0. The largest absolute Gasteiger partial charge is 0.487 e. The number of carbonyl (C=O) groups is 1. The van der Waals surface area contributed by atoms with Gasteiger partial charge in [0.15, 0.2) is 0 Å². The third-order valence-corrected chi connectivity index (χ3v) is 5.55. The summed E-state index contributed by atoms with van der Waals surface area (Å²) in [6.07, 6.45) is 0. The van der Waals surface area contributed by atoms with Crippen LogP contribution in [0, 0.1) is 11.3 Å². The van der Waals surface area contributed by atoms with Crippen molar-refractivity contribution in [1.29, 1.82) is 5.26 Å². The minimum absolute atomic E-state index is 0.0486. The molecule has 5 aromatic rings. The van der Waals surface area contributed by atoms with Gasteiger partial charge in [0.2, 0.25) is 5.91 Å². The van der Waals surface area contributed by atoms with Gasteiger partial charge < -0.3 is 10.1 Å². The summed E-state index contributed by atoms with van der Waals surface area (Å²) in [5, 5.41) is 22.7. The van der Waals surface area contributed by atoms with Crippen LogP contribution in [0.5, 0.6) is 5.75 Å². The first-order valence-electron chi connectivity index (χ1n) is 11.1. The summed E-state index contributed by atoms with van der Waals surface area (Å²) in [6, 6.07) is 32.5. The van der Waals surface area contributed by atoms with Crippen molar-refractivity contribution < 1.29 is 9.53 Å². The number of aromatic nitrogens is 3. The van der Waals surface area contributed by atoms with Crippen molar-refractivity contribution in [2.24, 2.45) is 0 Å². The lowest BCUT2D eigenvalue weighted by Crippen LogP contribution is -2.21. The first-order valence-corrected chi connectivity index (χ1v) is 11.1. The molecule has 1 aromatic heterocycles. The Morgan fingerprint density at radius 1 is 0.914 bits per heavy atom. The number of ether oxygens (including phenoxy) is 1. The van der Waals surface area contributed by atoms with Gasteiger partial charge in [-0.2, -0.15) is 5.26 Å². The van der Waals surface area contributed by atoms with Gasteiger partial charge in [-0.05, 0) is 41.1 Å². The fourth-order valence-corrected chi connectivity index (χ4v) is 3.83. The van der Waals surface area contributed by atoms with Crippen LogP contribution in [-0.2, 0) is 17.9 Å². The Bertz CT molecular complexity index is 1540. The zero-order valence-electron chi connectivity index (χ0n) is 18.8. The van der Waals surface area contributed by atoms with E-state index >= 15 is 0 Å². The van der Waals surface area contributed by atoms with Crippen molar-refractivity contribution in [2.45, 2.75) is 13.2 Å². The lowest BCUT2D eigenvalue weighted by atomic mass is 10.1. The van der Waals surface area contributed by atoms with Gasteiger partial charge in [0.25, 0.3) is 0 Å². The molecular weight excluding hydrogens is 438 g/mol. The monoisotopic (exact) mass is 459 g/mol. The van der Waals surface area contributed by atoms with Gasteiger partial charge >= 0.3 is 0 Å². The van der Waals surface area contributed by atoms with E-state index in [1.165, 1.54) is 0 Å². The van der Waals surface area contributed by atoms with Crippen LogP contribution in [0.4, 0.5) is 5.69 Å². The molecule has 1 heterocycles. The van der Waals surface area contributed by atoms with E-state index < -0.39 is 0 Å². The number of benzene rings is 4. The predicted octanol–water partition coefficient (Wildman–Crippen LogP) is 5.19. The maximum absolute atomic E-state index is 12.8. The third kappa shape index (κ3) is 5.02. The maximum Gasteiger partial charge on any atom is 0.246 e. The highest BCUT2D eigenvalue weighted by molar-refractivity contribution is 5.90. The third-order valence-electron chi connectivity index (χ3n) is 5.55. The number of nitriles is 1. The number of fused-ring (bicyclic) bond motifs is 1. The molecule has 5 rings (SSSR count). The van der Waals surface area contributed by atoms with Crippen LogP contribution in [0.1, 0.15) is 11.3 Å². The van der Waals surface area contributed by atoms with Crippen molar-refractivity contribution in [2.75, 3.05) is 5.32 Å². The Morgan fingerprint density at radius 3 is 2.54 bits per heavy atom. The number of anilines is 1. The molecule has 0 aliphatic carbocycles. The van der Waals surface area contributed by atoms with Crippen LogP contribution in [0.25, 0.3) is 22.0 Å². The molecule has 0 saturated heterocycles. The fourth-order valence-electron chi connectivity index (χ4n) is 3.83. The first-order chi connectivity index (χ1) is 17.2. The van der Waals surface area contributed by atoms with Crippen molar-refractivity contribution in [3.63, 3.8) is 0 Å². The van der Waals surface area contributed by atoms with Gasteiger partial charge in [-0.15, -0.1) is 5.10 Å². The van der Waals surface area contributed by atoms with E-state index in [0.29, 0.717) is 28.4 Å². The lowest BCUT2D eigenvalue weighted by Gasteiger charge is -2.11. The quantitative estimate of drug-likeness (QED) is 0.362. The molecule has 0 fully saturated rings. The number of hydrogen-bond acceptors (Lipinski definition) is 5. The highest BCUT2D eigenvalue weighted by atomic mass is 16.5. The summed E-state index contributed by atoms with van der Waals surface area (Å²) in [6.45, 7) is 0.139. The molecule has 0 spiro atoms. The number of carbonyl (C=O) groups excluding carboxylic acids is 1. The molecule has 0 unspecified atom stereocenters. The van der Waals surface area contributed by atoms with E-state index in [9.17, 15) is 4.79 Å². The van der Waals surface area contributed by atoms with E-state index in [1.807, 2.05) is 66.7 Å². The Kier molecular flexibility index (Phi) is 6.18. The van der Waals surface area contributed by atoms with Crippen LogP contribution in [0.15, 0.2) is 97.1 Å². The maximum atomic E-state index is 12.8. The van der Waals surface area contributed by atoms with Gasteiger partial charge in [0.1, 0.15) is 30.3 Å². The second-order valence-corrected chi connectivity index (χ2v) is 7.95. The second-order valence-electron chi connectivity index (χ2n) is 7.95. The molecular formula is C28H21N5O2. The zero-order chi connectivity index (χ0) is 24.0. The average Bonchev–Trinajstić information content (AvgIpc) is 3.29. The van der Waals surface area contributed by atoms with Gasteiger partial charge in [-0.25, -0.2) is 4.68 Å². The molecule has 0 saturated carbocycles. The minimum Gasteiger partial charge on any atom is -0.487 e. The summed E-state index contributed by atoms with van der Waals surface area (Å²) in [5.41, 5.74) is 3.25. The summed E-state index contributed by atoms with van der Waals surface area (Å²) in [5.74, 6) is 0.435. The molecule has 0 aliphatic heterocycles. The van der Waals surface area contributed by atoms with E-state index in [0.717, 1.165) is 16.3 Å². The van der Waals surface area contributed by atoms with Crippen molar-refractivity contribution in [1.82, 2.24) is 15.0 Å². The molecule has 1 amide bonds. The van der Waals surface area contributed by atoms with E-state index in [-0.39, 0.29) is 19.1 Å². The number of nitrogens with one attached hydrogen (secondary N) is 1. The number of hydrogen-bond donors (Lipinski definition) is 1. The number of amides is 1. The van der Waals surface area contributed by atoms with Gasteiger partial charge in [0.05, 0.1) is 11.6 Å². The van der Waals surface area contributed by atoms with E-state index in [4.69, 9.17) is 10.00 Å². The SMILES string of the molecule is N#Cc1cccc(NC(=O)Cn2nnc(-c3ccccc3)c2COc2ccc3ccccc3c2)c1. The Morgan fingerprint density at radius 2 is 1.71 bits per heavy atom. The molecule has 35 heavy (non-hydrogen) atoms. The molecule has 0 aliphatic rings. The molecule has 0 atom stereocenters. The van der Waals surface area contributed by atoms with Gasteiger partial charge in [0, 0.05) is 11.3 Å². The molecule has 4 aromatic carbocycles. The topological polar surface area (TPSA) is 92.8 Å². The van der Waals surface area contributed by atoms with Crippen LogP contribution in [0.2, 0.25) is 0 Å². The lowest BCUT2D eigenvalue weighted by molar-refractivity contribution is -0.117. The molecule has 170 valence electrons. The summed E-state index contributed by atoms with van der Waals surface area (Å²) in [4.78, 5) is 12.8. The number of rotatable bonds is 7. The Balaban J connectivity index is 1.39. The van der Waals surface area contributed by atoms with Crippen molar-refractivity contribution in [3.8, 4) is 23.1 Å². The Hall–Kier alpha value is -4.96. The van der Waals surface area contributed by atoms with E-state index in [1.54, 1.807) is 28.9 Å².